The first-order valence-corrected chi connectivity index (χ1v) is 10.2. The van der Waals surface area contributed by atoms with E-state index in [0.29, 0.717) is 17.5 Å². The lowest BCUT2D eigenvalue weighted by molar-refractivity contribution is -0.133. The van der Waals surface area contributed by atoms with Crippen molar-refractivity contribution in [1.29, 1.82) is 0 Å². The van der Waals surface area contributed by atoms with Crippen LogP contribution >= 0.6 is 0 Å². The van der Waals surface area contributed by atoms with Crippen molar-refractivity contribution in [1.82, 2.24) is 10.3 Å². The Kier molecular flexibility index (Phi) is 5.08. The number of hydrogen-bond donors (Lipinski definition) is 1. The second-order valence-electron chi connectivity index (χ2n) is 6.61. The third kappa shape index (κ3) is 4.09. The predicted octanol–water partition coefficient (Wildman–Crippen LogP) is 0.916. The molecule has 0 spiro atoms. The van der Waals surface area contributed by atoms with E-state index in [2.05, 4.69) is 10.4 Å². The summed E-state index contributed by atoms with van der Waals surface area (Å²) in [5.41, 5.74) is 1.33. The molecule has 0 aromatic heterocycles. The number of carbonyl (C=O) groups is 2. The van der Waals surface area contributed by atoms with Crippen LogP contribution in [-0.4, -0.2) is 48.5 Å². The SMILES string of the molecule is Cc1ccc(CNC(=O)C2=NN(C3CCS(=O)(=O)C3)C(=O)CC2)cc1F. The van der Waals surface area contributed by atoms with Crippen LogP contribution in [0.5, 0.6) is 0 Å². The first-order valence-electron chi connectivity index (χ1n) is 8.38. The molecule has 0 saturated carbocycles. The molecular formula is C17H20FN3O4S. The molecule has 0 bridgehead atoms. The molecular weight excluding hydrogens is 361 g/mol. The van der Waals surface area contributed by atoms with Crippen LogP contribution in [-0.2, 0) is 26.0 Å². The van der Waals surface area contributed by atoms with Gasteiger partial charge in [0.1, 0.15) is 11.5 Å². The zero-order valence-corrected chi connectivity index (χ0v) is 15.2. The van der Waals surface area contributed by atoms with Crippen molar-refractivity contribution in [2.75, 3.05) is 11.5 Å². The molecule has 2 heterocycles. The molecule has 140 valence electrons. The summed E-state index contributed by atoms with van der Waals surface area (Å²) >= 11 is 0. The van der Waals surface area contributed by atoms with Gasteiger partial charge in [-0.1, -0.05) is 12.1 Å². The molecule has 1 aromatic carbocycles. The lowest BCUT2D eigenvalue weighted by Gasteiger charge is -2.27. The number of benzene rings is 1. The normalized spacial score (nSPS) is 22.2. The van der Waals surface area contributed by atoms with Gasteiger partial charge in [0.15, 0.2) is 9.84 Å². The molecule has 2 aliphatic heterocycles. The van der Waals surface area contributed by atoms with E-state index in [1.54, 1.807) is 19.1 Å². The number of halogens is 1. The summed E-state index contributed by atoms with van der Waals surface area (Å²) in [4.78, 5) is 24.4. The predicted molar refractivity (Wildman–Crippen MR) is 93.6 cm³/mol. The average Bonchev–Trinajstić information content (AvgIpc) is 2.96. The fourth-order valence-electron chi connectivity index (χ4n) is 3.02. The monoisotopic (exact) mass is 381 g/mol. The van der Waals surface area contributed by atoms with Gasteiger partial charge in [0.25, 0.3) is 5.91 Å². The maximum absolute atomic E-state index is 13.6. The number of aryl methyl sites for hydroxylation is 1. The Hall–Kier alpha value is -2.29. The third-order valence-electron chi connectivity index (χ3n) is 4.57. The van der Waals surface area contributed by atoms with Gasteiger partial charge in [-0.3, -0.25) is 9.59 Å². The minimum absolute atomic E-state index is 0.0253. The maximum atomic E-state index is 13.6. The van der Waals surface area contributed by atoms with Gasteiger partial charge in [0, 0.05) is 19.4 Å². The summed E-state index contributed by atoms with van der Waals surface area (Å²) in [6.45, 7) is 1.80. The molecule has 0 aliphatic carbocycles. The first kappa shape index (κ1) is 18.5. The van der Waals surface area contributed by atoms with Gasteiger partial charge in [-0.15, -0.1) is 0 Å². The first-order chi connectivity index (χ1) is 12.2. The summed E-state index contributed by atoms with van der Waals surface area (Å²) in [5, 5.41) is 7.92. The van der Waals surface area contributed by atoms with E-state index in [-0.39, 0.29) is 48.3 Å². The van der Waals surface area contributed by atoms with Crippen molar-refractivity contribution >= 4 is 27.4 Å². The highest BCUT2D eigenvalue weighted by atomic mass is 32.2. The zero-order valence-electron chi connectivity index (χ0n) is 14.4. The quantitative estimate of drug-likeness (QED) is 0.839. The van der Waals surface area contributed by atoms with E-state index in [9.17, 15) is 22.4 Å². The molecule has 1 fully saturated rings. The van der Waals surface area contributed by atoms with Crippen LogP contribution in [0, 0.1) is 12.7 Å². The summed E-state index contributed by atoms with van der Waals surface area (Å²) < 4.78 is 36.8. The smallest absolute Gasteiger partial charge is 0.267 e. The molecule has 9 heteroatoms. The molecule has 1 atom stereocenters. The Labute approximate surface area is 151 Å². The van der Waals surface area contributed by atoms with Gasteiger partial charge in [0.05, 0.1) is 17.5 Å². The van der Waals surface area contributed by atoms with E-state index >= 15 is 0 Å². The molecule has 7 nitrogen and oxygen atoms in total. The highest BCUT2D eigenvalue weighted by molar-refractivity contribution is 7.91. The molecule has 0 radical (unpaired) electrons. The topological polar surface area (TPSA) is 95.9 Å². The number of nitrogens with zero attached hydrogens (tertiary/aromatic N) is 2. The van der Waals surface area contributed by atoms with E-state index in [1.807, 2.05) is 0 Å². The number of nitrogens with one attached hydrogen (secondary N) is 1. The highest BCUT2D eigenvalue weighted by Crippen LogP contribution is 2.22. The Morgan fingerprint density at radius 1 is 1.38 bits per heavy atom. The van der Waals surface area contributed by atoms with Crippen molar-refractivity contribution in [2.24, 2.45) is 5.10 Å². The number of hydrazone groups is 1. The van der Waals surface area contributed by atoms with Crippen LogP contribution in [0.3, 0.4) is 0 Å². The molecule has 1 saturated heterocycles. The Morgan fingerprint density at radius 2 is 2.15 bits per heavy atom. The fourth-order valence-corrected chi connectivity index (χ4v) is 4.71. The summed E-state index contributed by atoms with van der Waals surface area (Å²) in [6.07, 6.45) is 0.639. The summed E-state index contributed by atoms with van der Waals surface area (Å²) in [5.74, 6) is -1.16. The molecule has 2 aliphatic rings. The minimum atomic E-state index is -3.16. The third-order valence-corrected chi connectivity index (χ3v) is 6.32. The van der Waals surface area contributed by atoms with Gasteiger partial charge in [-0.05, 0) is 30.5 Å². The number of carbonyl (C=O) groups excluding carboxylic acids is 2. The minimum Gasteiger partial charge on any atom is -0.347 e. The number of hydrogen-bond acceptors (Lipinski definition) is 5. The standard InChI is InChI=1S/C17H20FN3O4S/c1-11-2-3-12(8-14(11)18)9-19-17(23)15-4-5-16(22)21(20-15)13-6-7-26(24,25)10-13/h2-3,8,13H,4-7,9-10H2,1H3,(H,19,23). The zero-order chi connectivity index (χ0) is 18.9. The summed E-state index contributed by atoms with van der Waals surface area (Å²) in [7, 11) is -3.16. The van der Waals surface area contributed by atoms with Gasteiger partial charge >= 0.3 is 0 Å². The number of amides is 2. The second-order valence-corrected chi connectivity index (χ2v) is 8.84. The number of sulfone groups is 1. The lowest BCUT2D eigenvalue weighted by atomic mass is 10.1. The van der Waals surface area contributed by atoms with Crippen molar-refractivity contribution in [3.8, 4) is 0 Å². The number of rotatable bonds is 4. The summed E-state index contributed by atoms with van der Waals surface area (Å²) in [6, 6.07) is 4.20. The molecule has 1 N–H and O–H groups in total. The molecule has 1 unspecified atom stereocenters. The Bertz CT molecular complexity index is 882. The van der Waals surface area contributed by atoms with E-state index < -0.39 is 21.8 Å². The largest absolute Gasteiger partial charge is 0.347 e. The van der Waals surface area contributed by atoms with Gasteiger partial charge < -0.3 is 5.32 Å². The van der Waals surface area contributed by atoms with Crippen LogP contribution in [0.2, 0.25) is 0 Å². The second kappa shape index (κ2) is 7.14. The molecule has 2 amide bonds. The lowest BCUT2D eigenvalue weighted by Crippen LogP contribution is -2.43. The van der Waals surface area contributed by atoms with Crippen LogP contribution in [0.15, 0.2) is 23.3 Å². The van der Waals surface area contributed by atoms with Gasteiger partial charge in [0.2, 0.25) is 5.91 Å². The van der Waals surface area contributed by atoms with Crippen molar-refractivity contribution < 1.29 is 22.4 Å². The van der Waals surface area contributed by atoms with E-state index in [4.69, 9.17) is 0 Å². The van der Waals surface area contributed by atoms with Gasteiger partial charge in [-0.25, -0.2) is 17.8 Å². The molecule has 3 rings (SSSR count). The van der Waals surface area contributed by atoms with Crippen LogP contribution in [0.25, 0.3) is 0 Å². The molecule has 1 aromatic rings. The van der Waals surface area contributed by atoms with Gasteiger partial charge in [-0.2, -0.15) is 5.10 Å². The average molecular weight is 381 g/mol. The van der Waals surface area contributed by atoms with Crippen molar-refractivity contribution in [3.05, 3.63) is 35.1 Å². The van der Waals surface area contributed by atoms with E-state index in [0.717, 1.165) is 5.01 Å². The Balaban J connectivity index is 1.67. The fraction of sp³-hybridized carbons (Fsp3) is 0.471. The maximum Gasteiger partial charge on any atom is 0.267 e. The van der Waals surface area contributed by atoms with Crippen LogP contribution in [0.1, 0.15) is 30.4 Å². The van der Waals surface area contributed by atoms with Crippen LogP contribution < -0.4 is 5.32 Å². The van der Waals surface area contributed by atoms with E-state index in [1.165, 1.54) is 6.07 Å². The van der Waals surface area contributed by atoms with Crippen molar-refractivity contribution in [3.63, 3.8) is 0 Å². The van der Waals surface area contributed by atoms with Crippen molar-refractivity contribution in [2.45, 2.75) is 38.8 Å². The molecule has 26 heavy (non-hydrogen) atoms. The highest BCUT2D eigenvalue weighted by Gasteiger charge is 2.37. The Morgan fingerprint density at radius 3 is 2.81 bits per heavy atom. The van der Waals surface area contributed by atoms with Crippen LogP contribution in [0.4, 0.5) is 4.39 Å².